The molecule has 3 heteroatoms. The number of nitrogens with one attached hydrogen (secondary N) is 2. The van der Waals surface area contributed by atoms with Gasteiger partial charge in [0.2, 0.25) is 5.91 Å². The van der Waals surface area contributed by atoms with Gasteiger partial charge in [-0.2, -0.15) is 0 Å². The first kappa shape index (κ1) is 12.5. The Hall–Kier alpha value is -0.570. The molecule has 0 aromatic heterocycles. The van der Waals surface area contributed by atoms with Crippen LogP contribution in [-0.4, -0.2) is 25.5 Å². The van der Waals surface area contributed by atoms with E-state index in [0.29, 0.717) is 17.9 Å². The van der Waals surface area contributed by atoms with E-state index >= 15 is 0 Å². The van der Waals surface area contributed by atoms with E-state index in [9.17, 15) is 4.79 Å². The highest BCUT2D eigenvalue weighted by Crippen LogP contribution is 2.48. The lowest BCUT2D eigenvalue weighted by Gasteiger charge is -2.19. The van der Waals surface area contributed by atoms with Crippen LogP contribution in [0.15, 0.2) is 0 Å². The van der Waals surface area contributed by atoms with Gasteiger partial charge in [-0.15, -0.1) is 0 Å². The Morgan fingerprint density at radius 1 is 1.47 bits per heavy atom. The largest absolute Gasteiger partial charge is 0.359 e. The van der Waals surface area contributed by atoms with Crippen molar-refractivity contribution in [2.45, 2.75) is 52.0 Å². The number of hydrogen-bond acceptors (Lipinski definition) is 2. The molecular formula is C12H24N2O. The van der Waals surface area contributed by atoms with Crippen LogP contribution in [0.4, 0.5) is 0 Å². The molecule has 1 aliphatic rings. The SMILES string of the molecule is CCCC1(CNC(C)CC(=O)NC)CC1. The molecule has 1 saturated carbocycles. The summed E-state index contributed by atoms with van der Waals surface area (Å²) < 4.78 is 0. The van der Waals surface area contributed by atoms with Gasteiger partial charge in [-0.3, -0.25) is 4.79 Å². The van der Waals surface area contributed by atoms with Crippen LogP contribution in [0.2, 0.25) is 0 Å². The fraction of sp³-hybridized carbons (Fsp3) is 0.917. The molecule has 1 atom stereocenters. The zero-order valence-electron chi connectivity index (χ0n) is 10.2. The molecule has 0 radical (unpaired) electrons. The van der Waals surface area contributed by atoms with Crippen LogP contribution in [0.1, 0.15) is 46.0 Å². The van der Waals surface area contributed by atoms with Gasteiger partial charge in [0, 0.05) is 26.1 Å². The maximum Gasteiger partial charge on any atom is 0.221 e. The third-order valence-electron chi connectivity index (χ3n) is 3.33. The van der Waals surface area contributed by atoms with Gasteiger partial charge in [0.1, 0.15) is 0 Å². The highest BCUT2D eigenvalue weighted by Gasteiger charge is 2.41. The average Bonchev–Trinajstić information content (AvgIpc) is 2.96. The molecule has 3 nitrogen and oxygen atoms in total. The van der Waals surface area contributed by atoms with Gasteiger partial charge in [-0.25, -0.2) is 0 Å². The summed E-state index contributed by atoms with van der Waals surface area (Å²) in [5.41, 5.74) is 0.575. The summed E-state index contributed by atoms with van der Waals surface area (Å²) in [5.74, 6) is 0.121. The molecule has 2 N–H and O–H groups in total. The highest BCUT2D eigenvalue weighted by atomic mass is 16.1. The summed E-state index contributed by atoms with van der Waals surface area (Å²) >= 11 is 0. The van der Waals surface area contributed by atoms with Crippen molar-refractivity contribution >= 4 is 5.91 Å². The van der Waals surface area contributed by atoms with Crippen molar-refractivity contribution in [2.75, 3.05) is 13.6 Å². The lowest BCUT2D eigenvalue weighted by atomic mass is 10.0. The molecule has 0 spiro atoms. The number of carbonyl (C=O) groups excluding carboxylic acids is 1. The third-order valence-corrected chi connectivity index (χ3v) is 3.33. The third kappa shape index (κ3) is 4.20. The van der Waals surface area contributed by atoms with Gasteiger partial charge < -0.3 is 10.6 Å². The summed E-state index contributed by atoms with van der Waals surface area (Å²) in [4.78, 5) is 11.1. The zero-order valence-corrected chi connectivity index (χ0v) is 10.2. The normalized spacial score (nSPS) is 19.7. The maximum atomic E-state index is 11.1. The van der Waals surface area contributed by atoms with E-state index in [-0.39, 0.29) is 5.91 Å². The Balaban J connectivity index is 2.16. The lowest BCUT2D eigenvalue weighted by molar-refractivity contribution is -0.121. The van der Waals surface area contributed by atoms with Crippen molar-refractivity contribution in [3.8, 4) is 0 Å². The lowest BCUT2D eigenvalue weighted by Crippen LogP contribution is -2.35. The maximum absolute atomic E-state index is 11.1. The summed E-state index contributed by atoms with van der Waals surface area (Å²) in [6.07, 6.45) is 5.90. The van der Waals surface area contributed by atoms with Crippen LogP contribution >= 0.6 is 0 Å². The molecule has 1 fully saturated rings. The molecule has 0 saturated heterocycles. The minimum atomic E-state index is 0.121. The summed E-state index contributed by atoms with van der Waals surface area (Å²) in [5, 5.41) is 6.13. The molecule has 0 aliphatic heterocycles. The zero-order chi connectivity index (χ0) is 11.3. The van der Waals surface area contributed by atoms with Crippen molar-refractivity contribution < 1.29 is 4.79 Å². The second-order valence-corrected chi connectivity index (χ2v) is 4.91. The van der Waals surface area contributed by atoms with Crippen molar-refractivity contribution in [2.24, 2.45) is 5.41 Å². The number of hydrogen-bond donors (Lipinski definition) is 2. The molecule has 0 aromatic rings. The highest BCUT2D eigenvalue weighted by molar-refractivity contribution is 5.76. The molecule has 1 amide bonds. The molecule has 1 aliphatic carbocycles. The van der Waals surface area contributed by atoms with Crippen LogP contribution < -0.4 is 10.6 Å². The second-order valence-electron chi connectivity index (χ2n) is 4.91. The first-order chi connectivity index (χ1) is 7.12. The first-order valence-corrected chi connectivity index (χ1v) is 6.06. The van der Waals surface area contributed by atoms with E-state index in [1.807, 2.05) is 0 Å². The number of amides is 1. The molecule has 0 aromatic carbocycles. The van der Waals surface area contributed by atoms with Crippen LogP contribution in [0.25, 0.3) is 0 Å². The van der Waals surface area contributed by atoms with E-state index in [1.54, 1.807) is 7.05 Å². The van der Waals surface area contributed by atoms with E-state index in [0.717, 1.165) is 6.54 Å². The average molecular weight is 212 g/mol. The molecule has 1 rings (SSSR count). The Morgan fingerprint density at radius 3 is 2.60 bits per heavy atom. The fourth-order valence-electron chi connectivity index (χ4n) is 2.07. The van der Waals surface area contributed by atoms with Gasteiger partial charge >= 0.3 is 0 Å². The predicted molar refractivity (Wildman–Crippen MR) is 62.7 cm³/mol. The van der Waals surface area contributed by atoms with Crippen LogP contribution in [0, 0.1) is 5.41 Å². The van der Waals surface area contributed by atoms with Crippen molar-refractivity contribution in [1.29, 1.82) is 0 Å². The van der Waals surface area contributed by atoms with Gasteiger partial charge in [0.15, 0.2) is 0 Å². The molecule has 15 heavy (non-hydrogen) atoms. The van der Waals surface area contributed by atoms with Crippen LogP contribution in [-0.2, 0) is 4.79 Å². The van der Waals surface area contributed by atoms with E-state index in [1.165, 1.54) is 25.7 Å². The second kappa shape index (κ2) is 5.50. The predicted octanol–water partition coefficient (Wildman–Crippen LogP) is 1.68. The molecule has 1 unspecified atom stereocenters. The minimum absolute atomic E-state index is 0.121. The van der Waals surface area contributed by atoms with E-state index < -0.39 is 0 Å². The topological polar surface area (TPSA) is 41.1 Å². The van der Waals surface area contributed by atoms with Gasteiger partial charge in [-0.1, -0.05) is 13.3 Å². The smallest absolute Gasteiger partial charge is 0.221 e. The van der Waals surface area contributed by atoms with E-state index in [2.05, 4.69) is 24.5 Å². The molecule has 0 heterocycles. The van der Waals surface area contributed by atoms with Gasteiger partial charge in [-0.05, 0) is 31.6 Å². The standard InChI is InChI=1S/C12H24N2O/c1-4-5-12(6-7-12)9-14-10(2)8-11(15)13-3/h10,14H,4-9H2,1-3H3,(H,13,15). The Bertz CT molecular complexity index is 212. The molecule has 88 valence electrons. The monoisotopic (exact) mass is 212 g/mol. The van der Waals surface area contributed by atoms with Crippen LogP contribution in [0.5, 0.6) is 0 Å². The number of carbonyl (C=O) groups is 1. The van der Waals surface area contributed by atoms with Crippen molar-refractivity contribution in [1.82, 2.24) is 10.6 Å². The quantitative estimate of drug-likeness (QED) is 0.674. The van der Waals surface area contributed by atoms with Crippen molar-refractivity contribution in [3.05, 3.63) is 0 Å². The molecular weight excluding hydrogens is 188 g/mol. The fourth-order valence-corrected chi connectivity index (χ4v) is 2.07. The van der Waals surface area contributed by atoms with Gasteiger partial charge in [0.05, 0.1) is 0 Å². The minimum Gasteiger partial charge on any atom is -0.359 e. The first-order valence-electron chi connectivity index (χ1n) is 6.06. The Kier molecular flexibility index (Phi) is 4.58. The summed E-state index contributed by atoms with van der Waals surface area (Å²) in [6.45, 7) is 5.41. The summed E-state index contributed by atoms with van der Waals surface area (Å²) in [7, 11) is 1.69. The van der Waals surface area contributed by atoms with E-state index in [4.69, 9.17) is 0 Å². The Labute approximate surface area is 93.0 Å². The number of rotatable bonds is 7. The van der Waals surface area contributed by atoms with Crippen molar-refractivity contribution in [3.63, 3.8) is 0 Å². The van der Waals surface area contributed by atoms with Gasteiger partial charge in [0.25, 0.3) is 0 Å². The summed E-state index contributed by atoms with van der Waals surface area (Å²) in [6, 6.07) is 0.291. The Morgan fingerprint density at radius 2 is 2.13 bits per heavy atom. The van der Waals surface area contributed by atoms with Crippen LogP contribution in [0.3, 0.4) is 0 Å². The molecule has 0 bridgehead atoms.